The van der Waals surface area contributed by atoms with Crippen molar-refractivity contribution in [2.45, 2.75) is 20.8 Å². The molecule has 0 atom stereocenters. The van der Waals surface area contributed by atoms with Gasteiger partial charge in [0.05, 0.1) is 0 Å². The van der Waals surface area contributed by atoms with Crippen molar-refractivity contribution >= 4 is 0 Å². The van der Waals surface area contributed by atoms with Crippen molar-refractivity contribution in [2.75, 3.05) is 42.3 Å². The van der Waals surface area contributed by atoms with Crippen molar-refractivity contribution in [3.05, 3.63) is 62.9 Å². The number of hydrogen-bond acceptors (Lipinski definition) is 0. The van der Waals surface area contributed by atoms with E-state index in [-0.39, 0.29) is 0 Å². The van der Waals surface area contributed by atoms with Crippen LogP contribution >= 0.6 is 0 Å². The first-order valence-corrected chi connectivity index (χ1v) is 7.41. The molecule has 3 nitrogen and oxygen atoms in total. The molecule has 0 aliphatic carbocycles. The predicted octanol–water partition coefficient (Wildman–Crippen LogP) is 5.62. The molecular weight excluding hydrogens is 294 g/mol. The van der Waals surface area contributed by atoms with Gasteiger partial charge >= 0.3 is 50.0 Å². The van der Waals surface area contributed by atoms with Crippen LogP contribution in [0.2, 0.25) is 0 Å². The molecule has 0 heterocycles. The standard InChI is InChI=1S/C6H10.C5H7.3C2H6N.Ti/c1-5(2)6(3)4;1-3-5-4-2;3*1-3-2;/h1,3H2,2,4H3;1,3-5H,2H3;3*1-2H3;/q;;3*-1;+3. The molecule has 0 amide bonds. The Morgan fingerprint density at radius 1 is 0.762 bits per heavy atom. The van der Waals surface area contributed by atoms with E-state index in [1.54, 1.807) is 42.3 Å². The Morgan fingerprint density at radius 2 is 1.00 bits per heavy atom. The van der Waals surface area contributed by atoms with Gasteiger partial charge in [0.2, 0.25) is 0 Å². The maximum absolute atomic E-state index is 3.66. The van der Waals surface area contributed by atoms with Crippen molar-refractivity contribution in [1.29, 1.82) is 0 Å². The monoisotopic (exact) mass is 329 g/mol. The molecule has 0 spiro atoms. The summed E-state index contributed by atoms with van der Waals surface area (Å²) in [6.45, 7) is 13.2. The van der Waals surface area contributed by atoms with Crippen LogP contribution in [0.15, 0.2) is 46.9 Å². The van der Waals surface area contributed by atoms with Gasteiger partial charge in [-0.1, -0.05) is 24.3 Å². The second-order valence-electron chi connectivity index (χ2n) is 3.79. The summed E-state index contributed by atoms with van der Waals surface area (Å²) in [4.78, 5) is 0. The number of nitrogens with zero attached hydrogens (tertiary/aromatic N) is 3. The van der Waals surface area contributed by atoms with Crippen LogP contribution in [0.4, 0.5) is 0 Å². The summed E-state index contributed by atoms with van der Waals surface area (Å²) >= 11 is 2.00. The number of allylic oxidation sites excluding steroid dienone is 5. The molecule has 0 N–H and O–H groups in total. The van der Waals surface area contributed by atoms with Crippen molar-refractivity contribution in [1.82, 2.24) is 0 Å². The third-order valence-electron chi connectivity index (χ3n) is 1.13. The molecule has 0 fully saturated rings. The maximum Gasteiger partial charge on any atom is -0.162 e. The van der Waals surface area contributed by atoms with Gasteiger partial charge in [-0.3, -0.25) is 0 Å². The Hall–Kier alpha value is -0.446. The first-order valence-electron chi connectivity index (χ1n) is 6.51. The zero-order valence-electron chi connectivity index (χ0n) is 15.6. The summed E-state index contributed by atoms with van der Waals surface area (Å²) in [6, 6.07) is 0. The average molecular weight is 329 g/mol. The zero-order valence-corrected chi connectivity index (χ0v) is 17.1. The molecule has 4 heteroatoms. The van der Waals surface area contributed by atoms with Crippen LogP contribution in [0.3, 0.4) is 0 Å². The van der Waals surface area contributed by atoms with Crippen LogP contribution in [0.1, 0.15) is 20.8 Å². The van der Waals surface area contributed by atoms with Crippen molar-refractivity contribution in [2.24, 2.45) is 0 Å². The summed E-state index contributed by atoms with van der Waals surface area (Å²) in [5, 5.41) is 10.5. The molecule has 0 aromatic rings. The van der Waals surface area contributed by atoms with Crippen LogP contribution in [0, 0.1) is 0 Å². The number of rotatable bonds is 2. The second-order valence-corrected chi connectivity index (χ2v) is 4.31. The molecule has 0 rings (SSSR count). The molecule has 0 aromatic carbocycles. The van der Waals surface area contributed by atoms with Gasteiger partial charge in [0.15, 0.2) is 0 Å². The van der Waals surface area contributed by atoms with Gasteiger partial charge < -0.3 is 16.0 Å². The SMILES string of the molecule is C=C(C)C(=C)C.CC=CC=[CH][Ti+3].C[N-]C.C[N-]C.C[N-]C. The van der Waals surface area contributed by atoms with E-state index in [1.165, 1.54) is 0 Å². The summed E-state index contributed by atoms with van der Waals surface area (Å²) in [6.07, 6.45) is 6.00. The molecule has 122 valence electrons. The van der Waals surface area contributed by atoms with Crippen molar-refractivity contribution in [3.8, 4) is 0 Å². The Bertz CT molecular complexity index is 207. The van der Waals surface area contributed by atoms with Gasteiger partial charge in [-0.15, -0.1) is 0 Å². The molecule has 0 aliphatic heterocycles. The van der Waals surface area contributed by atoms with E-state index >= 15 is 0 Å². The zero-order chi connectivity index (χ0) is 18.1. The molecule has 0 saturated heterocycles. The van der Waals surface area contributed by atoms with Gasteiger partial charge in [0, 0.05) is 0 Å². The van der Waals surface area contributed by atoms with Crippen molar-refractivity contribution < 1.29 is 20.4 Å². The van der Waals surface area contributed by atoms with Crippen LogP contribution < -0.4 is 0 Å². The van der Waals surface area contributed by atoms with Gasteiger partial charge in [0.1, 0.15) is 0 Å². The minimum atomic E-state index is 1.06. The number of hydrogen-bond donors (Lipinski definition) is 0. The van der Waals surface area contributed by atoms with Gasteiger partial charge in [-0.05, 0) is 13.8 Å². The Balaban J connectivity index is -0.0000000533. The van der Waals surface area contributed by atoms with Crippen LogP contribution in [0.5, 0.6) is 0 Å². The fourth-order valence-corrected chi connectivity index (χ4v) is 0.340. The molecule has 0 aromatic heterocycles. The van der Waals surface area contributed by atoms with E-state index in [1.807, 2.05) is 63.8 Å². The largest absolute Gasteiger partial charge is 0.668 e. The van der Waals surface area contributed by atoms with E-state index in [2.05, 4.69) is 29.1 Å². The fraction of sp³-hybridized carbons (Fsp3) is 0.529. The van der Waals surface area contributed by atoms with Crippen molar-refractivity contribution in [3.63, 3.8) is 0 Å². The quantitative estimate of drug-likeness (QED) is 0.466. The van der Waals surface area contributed by atoms with Gasteiger partial charge in [-0.2, -0.15) is 42.3 Å². The van der Waals surface area contributed by atoms with E-state index < -0.39 is 0 Å². The molecular formula is C17H35N3Ti. The first kappa shape index (κ1) is 32.5. The molecule has 0 unspecified atom stereocenters. The van der Waals surface area contributed by atoms with Gasteiger partial charge in [-0.25, -0.2) is 0 Å². The third-order valence-corrected chi connectivity index (χ3v) is 1.43. The van der Waals surface area contributed by atoms with Crippen LogP contribution in [0.25, 0.3) is 16.0 Å². The molecule has 0 radical (unpaired) electrons. The average Bonchev–Trinajstić information content (AvgIpc) is 2.39. The van der Waals surface area contributed by atoms with Gasteiger partial charge in [0.25, 0.3) is 0 Å². The van der Waals surface area contributed by atoms with E-state index in [0.717, 1.165) is 11.1 Å². The van der Waals surface area contributed by atoms with E-state index in [9.17, 15) is 0 Å². The third kappa shape index (κ3) is 140. The summed E-state index contributed by atoms with van der Waals surface area (Å²) < 4.78 is 2.00. The van der Waals surface area contributed by atoms with E-state index in [4.69, 9.17) is 0 Å². The summed E-state index contributed by atoms with van der Waals surface area (Å²) in [5.41, 5.74) is 2.13. The Morgan fingerprint density at radius 3 is 1.05 bits per heavy atom. The Labute approximate surface area is 146 Å². The smallest absolute Gasteiger partial charge is 0.162 e. The molecule has 0 aliphatic rings. The normalized spacial score (nSPS) is 8.14. The van der Waals surface area contributed by atoms with Crippen LogP contribution in [-0.4, -0.2) is 42.3 Å². The summed E-state index contributed by atoms with van der Waals surface area (Å²) in [7, 11) is 10.5. The summed E-state index contributed by atoms with van der Waals surface area (Å²) in [5.74, 6) is 0. The maximum atomic E-state index is 3.66. The fourth-order valence-electron chi connectivity index (χ4n) is 0.167. The van der Waals surface area contributed by atoms with E-state index in [0.29, 0.717) is 0 Å². The van der Waals surface area contributed by atoms with Crippen LogP contribution in [-0.2, 0) is 20.4 Å². The minimum absolute atomic E-state index is 1.06. The second kappa shape index (κ2) is 42.7. The predicted molar refractivity (Wildman–Crippen MR) is 99.2 cm³/mol. The molecule has 21 heavy (non-hydrogen) atoms. The first-order chi connectivity index (χ1) is 9.80. The topological polar surface area (TPSA) is 42.3 Å². The minimum Gasteiger partial charge on any atom is -0.668 e. The molecule has 0 saturated carbocycles. The Kier molecular flexibility index (Phi) is 66.1. The molecule has 0 bridgehead atoms.